The Labute approximate surface area is 134 Å². The van der Waals surface area contributed by atoms with Crippen molar-refractivity contribution in [2.75, 3.05) is 25.2 Å². The average Bonchev–Trinajstić information content (AvgIpc) is 2.93. The summed E-state index contributed by atoms with van der Waals surface area (Å²) in [6.07, 6.45) is 0. The fraction of sp³-hybridized carbons (Fsp3) is 0.294. The minimum atomic E-state index is -0.0243. The van der Waals surface area contributed by atoms with Crippen LogP contribution in [0.15, 0.2) is 42.5 Å². The molecular formula is C17H18N2O2S. The zero-order valence-corrected chi connectivity index (χ0v) is 13.3. The highest BCUT2D eigenvalue weighted by molar-refractivity contribution is 8.00. The molecule has 0 radical (unpaired) electrons. The van der Waals surface area contributed by atoms with Crippen molar-refractivity contribution < 1.29 is 9.59 Å². The standard InChI is InChI=1S/C17H18N2O2S/c1-18(16(20)10-19-12-22-11-17(19)21)9-14-7-4-6-13-5-2-3-8-15(13)14/h2-8H,9-12H2,1H3. The molecule has 1 heterocycles. The van der Waals surface area contributed by atoms with Gasteiger partial charge in [0.15, 0.2) is 0 Å². The number of nitrogens with zero attached hydrogens (tertiary/aromatic N) is 2. The van der Waals surface area contributed by atoms with Gasteiger partial charge < -0.3 is 9.80 Å². The first kappa shape index (κ1) is 14.9. The lowest BCUT2D eigenvalue weighted by atomic mass is 10.0. The lowest BCUT2D eigenvalue weighted by Gasteiger charge is -2.22. The predicted octanol–water partition coefficient (Wildman–Crippen LogP) is 2.33. The molecule has 0 saturated carbocycles. The third-order valence-corrected chi connectivity index (χ3v) is 4.81. The molecule has 2 amide bonds. The summed E-state index contributed by atoms with van der Waals surface area (Å²) >= 11 is 1.56. The molecule has 0 aliphatic carbocycles. The maximum absolute atomic E-state index is 12.3. The summed E-state index contributed by atoms with van der Waals surface area (Å²) < 4.78 is 0. The first-order valence-electron chi connectivity index (χ1n) is 7.21. The van der Waals surface area contributed by atoms with Crippen molar-refractivity contribution in [3.05, 3.63) is 48.0 Å². The van der Waals surface area contributed by atoms with E-state index in [1.54, 1.807) is 28.6 Å². The van der Waals surface area contributed by atoms with Crippen LogP contribution in [0.3, 0.4) is 0 Å². The zero-order valence-electron chi connectivity index (χ0n) is 12.5. The van der Waals surface area contributed by atoms with Crippen LogP contribution in [0.1, 0.15) is 5.56 Å². The maximum Gasteiger partial charge on any atom is 0.242 e. The van der Waals surface area contributed by atoms with Crippen molar-refractivity contribution in [3.63, 3.8) is 0 Å². The molecule has 22 heavy (non-hydrogen) atoms. The molecule has 4 nitrogen and oxygen atoms in total. The largest absolute Gasteiger partial charge is 0.340 e. The van der Waals surface area contributed by atoms with E-state index >= 15 is 0 Å². The van der Waals surface area contributed by atoms with Crippen LogP contribution in [0.4, 0.5) is 0 Å². The first-order valence-corrected chi connectivity index (χ1v) is 8.37. The lowest BCUT2D eigenvalue weighted by Crippen LogP contribution is -2.38. The topological polar surface area (TPSA) is 40.6 Å². The van der Waals surface area contributed by atoms with Gasteiger partial charge in [-0.15, -0.1) is 11.8 Å². The molecular weight excluding hydrogens is 296 g/mol. The SMILES string of the molecule is CN(Cc1cccc2ccccc12)C(=O)CN1CSCC1=O. The first-order chi connectivity index (χ1) is 10.6. The number of thioether (sulfide) groups is 1. The van der Waals surface area contributed by atoms with Crippen LogP contribution in [-0.4, -0.2) is 46.8 Å². The van der Waals surface area contributed by atoms with Crippen LogP contribution in [-0.2, 0) is 16.1 Å². The van der Waals surface area contributed by atoms with Crippen LogP contribution in [0.5, 0.6) is 0 Å². The number of hydrogen-bond acceptors (Lipinski definition) is 3. The van der Waals surface area contributed by atoms with Gasteiger partial charge >= 0.3 is 0 Å². The van der Waals surface area contributed by atoms with Gasteiger partial charge in [-0.1, -0.05) is 42.5 Å². The number of likely N-dealkylation sites (N-methyl/N-ethyl adjacent to an activating group) is 1. The second-order valence-electron chi connectivity index (χ2n) is 5.46. The summed E-state index contributed by atoms with van der Waals surface area (Å²) in [5, 5.41) is 2.34. The molecule has 5 heteroatoms. The summed E-state index contributed by atoms with van der Waals surface area (Å²) in [6, 6.07) is 14.3. The third-order valence-electron chi connectivity index (χ3n) is 3.86. The summed E-state index contributed by atoms with van der Waals surface area (Å²) in [5.74, 6) is 1.13. The van der Waals surface area contributed by atoms with E-state index in [0.717, 1.165) is 10.9 Å². The number of carbonyl (C=O) groups is 2. The highest BCUT2D eigenvalue weighted by Gasteiger charge is 2.24. The van der Waals surface area contributed by atoms with Gasteiger partial charge in [-0.25, -0.2) is 0 Å². The van der Waals surface area contributed by atoms with Gasteiger partial charge in [-0.05, 0) is 16.3 Å². The van der Waals surface area contributed by atoms with E-state index in [0.29, 0.717) is 18.2 Å². The number of carbonyl (C=O) groups excluding carboxylic acids is 2. The van der Waals surface area contributed by atoms with E-state index in [9.17, 15) is 9.59 Å². The van der Waals surface area contributed by atoms with E-state index in [2.05, 4.69) is 18.2 Å². The molecule has 1 saturated heterocycles. The molecule has 1 aliphatic rings. The number of benzene rings is 2. The van der Waals surface area contributed by atoms with Crippen LogP contribution in [0, 0.1) is 0 Å². The van der Waals surface area contributed by atoms with E-state index in [1.165, 1.54) is 5.39 Å². The van der Waals surface area contributed by atoms with Crippen LogP contribution < -0.4 is 0 Å². The van der Waals surface area contributed by atoms with Crippen molar-refractivity contribution in [3.8, 4) is 0 Å². The zero-order chi connectivity index (χ0) is 15.5. The maximum atomic E-state index is 12.3. The molecule has 1 fully saturated rings. The van der Waals surface area contributed by atoms with E-state index < -0.39 is 0 Å². The fourth-order valence-electron chi connectivity index (χ4n) is 2.60. The molecule has 0 spiro atoms. The molecule has 0 bridgehead atoms. The molecule has 0 unspecified atom stereocenters. The van der Waals surface area contributed by atoms with Crippen molar-refractivity contribution in [1.82, 2.24) is 9.80 Å². The van der Waals surface area contributed by atoms with Crippen molar-refractivity contribution >= 4 is 34.3 Å². The van der Waals surface area contributed by atoms with Crippen LogP contribution in [0.25, 0.3) is 10.8 Å². The predicted molar refractivity (Wildman–Crippen MR) is 89.5 cm³/mol. The van der Waals surface area contributed by atoms with Gasteiger partial charge in [-0.2, -0.15) is 0 Å². The Balaban J connectivity index is 1.71. The van der Waals surface area contributed by atoms with E-state index in [4.69, 9.17) is 0 Å². The van der Waals surface area contributed by atoms with Gasteiger partial charge in [0.2, 0.25) is 11.8 Å². The van der Waals surface area contributed by atoms with Crippen LogP contribution in [0.2, 0.25) is 0 Å². The number of fused-ring (bicyclic) bond motifs is 1. The molecule has 2 aromatic rings. The Morgan fingerprint density at radius 1 is 1.23 bits per heavy atom. The lowest BCUT2D eigenvalue weighted by molar-refractivity contribution is -0.137. The number of hydrogen-bond donors (Lipinski definition) is 0. The summed E-state index contributed by atoms with van der Waals surface area (Å²) in [5.41, 5.74) is 1.12. The summed E-state index contributed by atoms with van der Waals surface area (Å²) in [4.78, 5) is 27.2. The van der Waals surface area contributed by atoms with E-state index in [1.807, 2.05) is 24.3 Å². The monoisotopic (exact) mass is 314 g/mol. The van der Waals surface area contributed by atoms with Gasteiger partial charge in [-0.3, -0.25) is 9.59 Å². The fourth-order valence-corrected chi connectivity index (χ4v) is 3.50. The van der Waals surface area contributed by atoms with E-state index in [-0.39, 0.29) is 18.4 Å². The third kappa shape index (κ3) is 3.09. The van der Waals surface area contributed by atoms with Crippen molar-refractivity contribution in [1.29, 1.82) is 0 Å². The highest BCUT2D eigenvalue weighted by Crippen LogP contribution is 2.20. The minimum absolute atomic E-state index is 0.0243. The second kappa shape index (κ2) is 6.40. The molecule has 2 aromatic carbocycles. The minimum Gasteiger partial charge on any atom is -0.340 e. The molecule has 3 rings (SSSR count). The molecule has 0 aromatic heterocycles. The Morgan fingerprint density at radius 3 is 2.77 bits per heavy atom. The number of rotatable bonds is 4. The average molecular weight is 314 g/mol. The second-order valence-corrected chi connectivity index (χ2v) is 6.41. The molecule has 1 aliphatic heterocycles. The normalized spacial score (nSPS) is 14.6. The van der Waals surface area contributed by atoms with Gasteiger partial charge in [0.25, 0.3) is 0 Å². The molecule has 0 atom stereocenters. The van der Waals surface area contributed by atoms with Crippen molar-refractivity contribution in [2.45, 2.75) is 6.54 Å². The molecule has 114 valence electrons. The Morgan fingerprint density at radius 2 is 2.00 bits per heavy atom. The molecule has 0 N–H and O–H groups in total. The van der Waals surface area contributed by atoms with Gasteiger partial charge in [0.05, 0.1) is 11.6 Å². The smallest absolute Gasteiger partial charge is 0.242 e. The van der Waals surface area contributed by atoms with Crippen LogP contribution >= 0.6 is 11.8 Å². The highest BCUT2D eigenvalue weighted by atomic mass is 32.2. The Kier molecular flexibility index (Phi) is 4.34. The Bertz CT molecular complexity index is 711. The summed E-state index contributed by atoms with van der Waals surface area (Å²) in [6.45, 7) is 0.725. The summed E-state index contributed by atoms with van der Waals surface area (Å²) in [7, 11) is 1.79. The van der Waals surface area contributed by atoms with Crippen molar-refractivity contribution in [2.24, 2.45) is 0 Å². The Hall–Kier alpha value is -2.01. The quantitative estimate of drug-likeness (QED) is 0.870. The van der Waals surface area contributed by atoms with Gasteiger partial charge in [0, 0.05) is 13.6 Å². The van der Waals surface area contributed by atoms with Gasteiger partial charge in [0.1, 0.15) is 6.54 Å². The number of amides is 2.